The van der Waals surface area contributed by atoms with Gasteiger partial charge in [0.25, 0.3) is 0 Å². The van der Waals surface area contributed by atoms with E-state index in [-0.39, 0.29) is 16.8 Å². The quantitative estimate of drug-likeness (QED) is 0.629. The Morgan fingerprint density at radius 2 is 1.77 bits per heavy atom. The van der Waals surface area contributed by atoms with Gasteiger partial charge in [0.1, 0.15) is 0 Å². The number of rotatable bonds is 4. The summed E-state index contributed by atoms with van der Waals surface area (Å²) in [7, 11) is 0. The number of aryl methyl sites for hydroxylation is 1. The Labute approximate surface area is 197 Å². The van der Waals surface area contributed by atoms with E-state index in [4.69, 9.17) is 23.2 Å². The van der Waals surface area contributed by atoms with Crippen molar-refractivity contribution in [1.29, 1.82) is 0 Å². The summed E-state index contributed by atoms with van der Waals surface area (Å²) in [4.78, 5) is 29.4. The minimum Gasteiger partial charge on any atom is -0.327 e. The number of likely N-dealkylation sites (tertiary alicyclic amines) is 1. The molecule has 5 nitrogen and oxygen atoms in total. The molecule has 2 fully saturated rings. The average molecular weight is 478 g/mol. The number of nitrogens with one attached hydrogen (secondary N) is 1. The van der Waals surface area contributed by atoms with Gasteiger partial charge in [-0.2, -0.15) is 0 Å². The van der Waals surface area contributed by atoms with Crippen LogP contribution in [0.2, 0.25) is 10.0 Å². The Bertz CT molecular complexity index is 949. The monoisotopic (exact) mass is 477 g/mol. The Hall–Kier alpha value is -1.89. The summed E-state index contributed by atoms with van der Waals surface area (Å²) in [6.07, 6.45) is 2.83. The van der Waals surface area contributed by atoms with E-state index in [9.17, 15) is 9.59 Å². The van der Waals surface area contributed by atoms with Gasteiger partial charge in [0.05, 0.1) is 15.6 Å². The first-order valence-corrected chi connectivity index (χ1v) is 12.2. The van der Waals surface area contributed by atoms with Crippen LogP contribution in [-0.2, 0) is 11.2 Å². The number of amides is 3. The predicted octanol–water partition coefficient (Wildman–Crippen LogP) is 5.53. The summed E-state index contributed by atoms with van der Waals surface area (Å²) in [6.45, 7) is 1.99. The summed E-state index contributed by atoms with van der Waals surface area (Å²) in [5.74, 6) is 1.16. The molecule has 0 bridgehead atoms. The average Bonchev–Trinajstić information content (AvgIpc) is 3.18. The van der Waals surface area contributed by atoms with E-state index < -0.39 is 0 Å². The molecule has 31 heavy (non-hydrogen) atoms. The molecule has 2 aromatic carbocycles. The SMILES string of the molecule is O=C(Nc1ccc(Cl)cc1Cl)N1CCC2(CC1)SCCN2C(=O)CCc1ccccc1. The molecule has 0 radical (unpaired) electrons. The second-order valence-corrected chi connectivity index (χ2v) is 10.2. The summed E-state index contributed by atoms with van der Waals surface area (Å²) in [5.41, 5.74) is 1.73. The molecule has 0 aliphatic carbocycles. The molecule has 0 unspecified atom stereocenters. The van der Waals surface area contributed by atoms with Crippen molar-refractivity contribution in [2.45, 2.75) is 30.6 Å². The number of hydrogen-bond acceptors (Lipinski definition) is 3. The summed E-state index contributed by atoms with van der Waals surface area (Å²) in [5, 5.41) is 3.81. The molecule has 2 aliphatic rings. The van der Waals surface area contributed by atoms with Gasteiger partial charge in [-0.05, 0) is 43.0 Å². The lowest BCUT2D eigenvalue weighted by atomic mass is 10.0. The number of nitrogens with zero attached hydrogens (tertiary/aromatic N) is 2. The normalized spacial score (nSPS) is 17.7. The molecular formula is C23H25Cl2N3O2S. The van der Waals surface area contributed by atoms with Crippen molar-refractivity contribution in [3.05, 3.63) is 64.1 Å². The maximum atomic E-state index is 13.0. The van der Waals surface area contributed by atoms with Crippen LogP contribution in [0, 0.1) is 0 Å². The molecule has 1 N–H and O–H groups in total. The number of thioether (sulfide) groups is 1. The summed E-state index contributed by atoms with van der Waals surface area (Å²) < 4.78 is 0. The lowest BCUT2D eigenvalue weighted by molar-refractivity contribution is -0.134. The highest BCUT2D eigenvalue weighted by molar-refractivity contribution is 8.00. The highest BCUT2D eigenvalue weighted by Crippen LogP contribution is 2.44. The number of halogens is 2. The van der Waals surface area contributed by atoms with Crippen LogP contribution >= 0.6 is 35.0 Å². The lowest BCUT2D eigenvalue weighted by Gasteiger charge is -2.44. The molecule has 4 rings (SSSR count). The first-order valence-electron chi connectivity index (χ1n) is 10.5. The second-order valence-electron chi connectivity index (χ2n) is 7.87. The zero-order valence-electron chi connectivity index (χ0n) is 17.2. The topological polar surface area (TPSA) is 52.7 Å². The van der Waals surface area contributed by atoms with Gasteiger partial charge in [-0.1, -0.05) is 53.5 Å². The van der Waals surface area contributed by atoms with Crippen LogP contribution in [0.1, 0.15) is 24.8 Å². The zero-order chi connectivity index (χ0) is 21.8. The summed E-state index contributed by atoms with van der Waals surface area (Å²) >= 11 is 14.0. The number of piperidine rings is 1. The first-order chi connectivity index (χ1) is 15.0. The van der Waals surface area contributed by atoms with Gasteiger partial charge in [-0.3, -0.25) is 4.79 Å². The third-order valence-corrected chi connectivity index (χ3v) is 8.05. The van der Waals surface area contributed by atoms with Crippen LogP contribution < -0.4 is 5.32 Å². The van der Waals surface area contributed by atoms with Gasteiger partial charge in [0.15, 0.2) is 0 Å². The molecule has 2 saturated heterocycles. The van der Waals surface area contributed by atoms with Crippen molar-refractivity contribution in [2.24, 2.45) is 0 Å². The number of urea groups is 1. The van der Waals surface area contributed by atoms with Crippen LogP contribution in [0.15, 0.2) is 48.5 Å². The molecule has 164 valence electrons. The zero-order valence-corrected chi connectivity index (χ0v) is 19.5. The van der Waals surface area contributed by atoms with Gasteiger partial charge in [-0.25, -0.2) is 4.79 Å². The van der Waals surface area contributed by atoms with Gasteiger partial charge < -0.3 is 15.1 Å². The largest absolute Gasteiger partial charge is 0.327 e. The smallest absolute Gasteiger partial charge is 0.321 e. The lowest BCUT2D eigenvalue weighted by Crippen LogP contribution is -2.54. The molecule has 1 spiro atoms. The maximum Gasteiger partial charge on any atom is 0.321 e. The van der Waals surface area contributed by atoms with E-state index in [2.05, 4.69) is 22.3 Å². The van der Waals surface area contributed by atoms with Crippen molar-refractivity contribution in [3.63, 3.8) is 0 Å². The van der Waals surface area contributed by atoms with Crippen molar-refractivity contribution in [3.8, 4) is 0 Å². The summed E-state index contributed by atoms with van der Waals surface area (Å²) in [6, 6.07) is 15.0. The van der Waals surface area contributed by atoms with E-state index in [0.29, 0.717) is 35.2 Å². The van der Waals surface area contributed by atoms with Crippen LogP contribution in [0.25, 0.3) is 0 Å². The predicted molar refractivity (Wildman–Crippen MR) is 128 cm³/mol. The first kappa shape index (κ1) is 22.3. The third kappa shape index (κ3) is 5.13. The van der Waals surface area contributed by atoms with E-state index in [1.54, 1.807) is 23.1 Å². The van der Waals surface area contributed by atoms with Gasteiger partial charge in [0.2, 0.25) is 5.91 Å². The molecular weight excluding hydrogens is 453 g/mol. The van der Waals surface area contributed by atoms with E-state index in [1.165, 1.54) is 5.56 Å². The molecule has 0 aromatic heterocycles. The van der Waals surface area contributed by atoms with Crippen LogP contribution in [-0.4, -0.2) is 52.0 Å². The van der Waals surface area contributed by atoms with Crippen LogP contribution in [0.5, 0.6) is 0 Å². The minimum absolute atomic E-state index is 0.177. The fourth-order valence-electron chi connectivity index (χ4n) is 4.25. The van der Waals surface area contributed by atoms with Gasteiger partial charge in [-0.15, -0.1) is 11.8 Å². The van der Waals surface area contributed by atoms with Gasteiger partial charge >= 0.3 is 6.03 Å². The highest BCUT2D eigenvalue weighted by Gasteiger charge is 2.46. The Morgan fingerprint density at radius 3 is 2.48 bits per heavy atom. The minimum atomic E-state index is -0.192. The number of carbonyl (C=O) groups excluding carboxylic acids is 2. The maximum absolute atomic E-state index is 13.0. The van der Waals surface area contributed by atoms with Crippen LogP contribution in [0.3, 0.4) is 0 Å². The van der Waals surface area contributed by atoms with Crippen molar-refractivity contribution < 1.29 is 9.59 Å². The van der Waals surface area contributed by atoms with E-state index in [0.717, 1.165) is 31.6 Å². The molecule has 8 heteroatoms. The standard InChI is InChI=1S/C23H25Cl2N3O2S/c24-18-7-8-20(19(25)16-18)26-22(30)27-12-10-23(11-13-27)28(14-15-31-23)21(29)9-6-17-4-2-1-3-5-17/h1-5,7-8,16H,6,9-15H2,(H,26,30). The third-order valence-electron chi connectivity index (χ3n) is 5.95. The molecule has 0 saturated carbocycles. The molecule has 2 aromatic rings. The number of anilines is 1. The number of hydrogen-bond donors (Lipinski definition) is 1. The van der Waals surface area contributed by atoms with Crippen molar-refractivity contribution in [2.75, 3.05) is 30.7 Å². The number of benzene rings is 2. The molecule has 0 atom stereocenters. The Balaban J connectivity index is 1.33. The van der Waals surface area contributed by atoms with Crippen molar-refractivity contribution in [1.82, 2.24) is 9.80 Å². The second kappa shape index (κ2) is 9.72. The Kier molecular flexibility index (Phi) is 6.99. The fraction of sp³-hybridized carbons (Fsp3) is 0.391. The van der Waals surface area contributed by atoms with Crippen molar-refractivity contribution >= 4 is 52.6 Å². The molecule has 2 aliphatic heterocycles. The van der Waals surface area contributed by atoms with E-state index >= 15 is 0 Å². The Morgan fingerprint density at radius 1 is 1.03 bits per heavy atom. The fourth-order valence-corrected chi connectivity index (χ4v) is 6.18. The molecule has 3 amide bonds. The molecule has 2 heterocycles. The highest BCUT2D eigenvalue weighted by atomic mass is 35.5. The number of carbonyl (C=O) groups is 2. The van der Waals surface area contributed by atoms with Gasteiger partial charge in [0, 0.05) is 36.8 Å². The van der Waals surface area contributed by atoms with Crippen LogP contribution in [0.4, 0.5) is 10.5 Å². The van der Waals surface area contributed by atoms with E-state index in [1.807, 2.05) is 30.0 Å².